The van der Waals surface area contributed by atoms with E-state index in [9.17, 15) is 4.79 Å². The second-order valence-corrected chi connectivity index (χ2v) is 3.81. The first-order chi connectivity index (χ1) is 7.63. The van der Waals surface area contributed by atoms with Gasteiger partial charge < -0.3 is 15.8 Å². The standard InChI is InChI=1S/C12H18N2O2/c1-9(2)12(15)14-10-3-5-11(6-4-10)16-8-7-13/h3-6,9H,7-8,13H2,1-2H3,(H,14,15). The lowest BCUT2D eigenvalue weighted by Crippen LogP contribution is -2.17. The third-order valence-electron chi connectivity index (χ3n) is 2.03. The number of hydrogen-bond donors (Lipinski definition) is 2. The minimum atomic E-state index is -0.0202. The summed E-state index contributed by atoms with van der Waals surface area (Å²) in [5.41, 5.74) is 6.10. The van der Waals surface area contributed by atoms with Gasteiger partial charge in [0, 0.05) is 18.2 Å². The van der Waals surface area contributed by atoms with Crippen molar-refractivity contribution in [1.82, 2.24) is 0 Å². The molecule has 1 aromatic rings. The second-order valence-electron chi connectivity index (χ2n) is 3.81. The van der Waals surface area contributed by atoms with Crippen LogP contribution in [-0.2, 0) is 4.79 Å². The van der Waals surface area contributed by atoms with Crippen LogP contribution in [0.2, 0.25) is 0 Å². The largest absolute Gasteiger partial charge is 0.492 e. The molecule has 16 heavy (non-hydrogen) atoms. The van der Waals surface area contributed by atoms with Gasteiger partial charge in [-0.25, -0.2) is 0 Å². The molecule has 0 spiro atoms. The molecule has 1 rings (SSSR count). The van der Waals surface area contributed by atoms with Gasteiger partial charge in [0.1, 0.15) is 12.4 Å². The summed E-state index contributed by atoms with van der Waals surface area (Å²) >= 11 is 0. The lowest BCUT2D eigenvalue weighted by molar-refractivity contribution is -0.118. The normalized spacial score (nSPS) is 10.2. The van der Waals surface area contributed by atoms with Gasteiger partial charge in [0.2, 0.25) is 5.91 Å². The molecule has 0 fully saturated rings. The van der Waals surface area contributed by atoms with Crippen LogP contribution in [0.4, 0.5) is 5.69 Å². The van der Waals surface area contributed by atoms with Crippen molar-refractivity contribution in [2.45, 2.75) is 13.8 Å². The van der Waals surface area contributed by atoms with E-state index in [0.717, 1.165) is 11.4 Å². The van der Waals surface area contributed by atoms with Crippen LogP contribution in [0.5, 0.6) is 5.75 Å². The van der Waals surface area contributed by atoms with Crippen LogP contribution < -0.4 is 15.8 Å². The van der Waals surface area contributed by atoms with Crippen LogP contribution in [-0.4, -0.2) is 19.1 Å². The van der Waals surface area contributed by atoms with Crippen LogP contribution in [0, 0.1) is 5.92 Å². The van der Waals surface area contributed by atoms with Gasteiger partial charge in [-0.05, 0) is 24.3 Å². The van der Waals surface area contributed by atoms with E-state index < -0.39 is 0 Å². The highest BCUT2D eigenvalue weighted by Gasteiger charge is 2.06. The number of carbonyl (C=O) groups is 1. The Labute approximate surface area is 95.8 Å². The highest BCUT2D eigenvalue weighted by Crippen LogP contribution is 2.16. The minimum absolute atomic E-state index is 0.00984. The predicted molar refractivity (Wildman–Crippen MR) is 64.5 cm³/mol. The molecule has 88 valence electrons. The van der Waals surface area contributed by atoms with Crippen molar-refractivity contribution >= 4 is 11.6 Å². The molecular weight excluding hydrogens is 204 g/mol. The molecule has 0 aromatic heterocycles. The molecule has 0 aliphatic rings. The number of amides is 1. The number of ether oxygens (including phenoxy) is 1. The maximum atomic E-state index is 11.4. The van der Waals surface area contributed by atoms with Gasteiger partial charge in [0.25, 0.3) is 0 Å². The fraction of sp³-hybridized carbons (Fsp3) is 0.417. The molecule has 0 unspecified atom stereocenters. The molecule has 4 heteroatoms. The molecule has 1 amide bonds. The topological polar surface area (TPSA) is 64.3 Å². The van der Waals surface area contributed by atoms with Crippen molar-refractivity contribution in [3.63, 3.8) is 0 Å². The summed E-state index contributed by atoms with van der Waals surface area (Å²) < 4.78 is 5.32. The first-order valence-corrected chi connectivity index (χ1v) is 5.37. The van der Waals surface area contributed by atoms with Gasteiger partial charge >= 0.3 is 0 Å². The summed E-state index contributed by atoms with van der Waals surface area (Å²) in [7, 11) is 0. The molecule has 0 aliphatic heterocycles. The van der Waals surface area contributed by atoms with Gasteiger partial charge in [-0.15, -0.1) is 0 Å². The Hall–Kier alpha value is -1.55. The van der Waals surface area contributed by atoms with Crippen LogP contribution in [0.1, 0.15) is 13.8 Å². The number of rotatable bonds is 5. The minimum Gasteiger partial charge on any atom is -0.492 e. The summed E-state index contributed by atoms with van der Waals surface area (Å²) in [6.07, 6.45) is 0. The third-order valence-corrected chi connectivity index (χ3v) is 2.03. The molecule has 0 saturated carbocycles. The summed E-state index contributed by atoms with van der Waals surface area (Å²) in [6, 6.07) is 7.25. The summed E-state index contributed by atoms with van der Waals surface area (Å²) in [5.74, 6) is 0.747. The first kappa shape index (κ1) is 12.5. The number of benzene rings is 1. The van der Waals surface area contributed by atoms with Crippen molar-refractivity contribution in [2.24, 2.45) is 11.7 Å². The van der Waals surface area contributed by atoms with Crippen LogP contribution in [0.15, 0.2) is 24.3 Å². The zero-order chi connectivity index (χ0) is 12.0. The lowest BCUT2D eigenvalue weighted by Gasteiger charge is -2.09. The maximum Gasteiger partial charge on any atom is 0.226 e. The maximum absolute atomic E-state index is 11.4. The van der Waals surface area contributed by atoms with E-state index in [0.29, 0.717) is 13.2 Å². The number of carbonyl (C=O) groups excluding carboxylic acids is 1. The zero-order valence-corrected chi connectivity index (χ0v) is 9.69. The third kappa shape index (κ3) is 3.90. The fourth-order valence-corrected chi connectivity index (χ4v) is 1.10. The van der Waals surface area contributed by atoms with Crippen molar-refractivity contribution < 1.29 is 9.53 Å². The Kier molecular flexibility index (Phi) is 4.79. The van der Waals surface area contributed by atoms with Crippen molar-refractivity contribution in [2.75, 3.05) is 18.5 Å². The Bertz CT molecular complexity index is 333. The molecule has 0 atom stereocenters. The van der Waals surface area contributed by atoms with E-state index in [2.05, 4.69) is 5.32 Å². The zero-order valence-electron chi connectivity index (χ0n) is 9.69. The van der Waals surface area contributed by atoms with E-state index in [1.165, 1.54) is 0 Å². The number of hydrogen-bond acceptors (Lipinski definition) is 3. The molecule has 0 radical (unpaired) electrons. The molecule has 0 saturated heterocycles. The van der Waals surface area contributed by atoms with Gasteiger partial charge in [0.15, 0.2) is 0 Å². The first-order valence-electron chi connectivity index (χ1n) is 5.37. The van der Waals surface area contributed by atoms with Crippen molar-refractivity contribution in [3.05, 3.63) is 24.3 Å². The molecule has 0 heterocycles. The molecule has 0 aliphatic carbocycles. The van der Waals surface area contributed by atoms with Crippen LogP contribution in [0.25, 0.3) is 0 Å². The average molecular weight is 222 g/mol. The lowest BCUT2D eigenvalue weighted by atomic mass is 10.2. The molecule has 3 N–H and O–H groups in total. The van der Waals surface area contributed by atoms with E-state index in [-0.39, 0.29) is 11.8 Å². The summed E-state index contributed by atoms with van der Waals surface area (Å²) in [5, 5.41) is 2.81. The smallest absolute Gasteiger partial charge is 0.226 e. The highest BCUT2D eigenvalue weighted by molar-refractivity contribution is 5.92. The predicted octanol–water partition coefficient (Wildman–Crippen LogP) is 1.62. The Morgan fingerprint density at radius 1 is 1.38 bits per heavy atom. The molecular formula is C12H18N2O2. The molecule has 0 bridgehead atoms. The molecule has 1 aromatic carbocycles. The number of anilines is 1. The Morgan fingerprint density at radius 3 is 2.50 bits per heavy atom. The number of nitrogens with one attached hydrogen (secondary N) is 1. The highest BCUT2D eigenvalue weighted by atomic mass is 16.5. The summed E-state index contributed by atoms with van der Waals surface area (Å²) in [4.78, 5) is 11.4. The van der Waals surface area contributed by atoms with Crippen molar-refractivity contribution in [3.8, 4) is 5.75 Å². The van der Waals surface area contributed by atoms with Gasteiger partial charge in [-0.3, -0.25) is 4.79 Å². The Morgan fingerprint density at radius 2 is 2.00 bits per heavy atom. The van der Waals surface area contributed by atoms with Gasteiger partial charge in [-0.2, -0.15) is 0 Å². The van der Waals surface area contributed by atoms with E-state index in [1.54, 1.807) is 0 Å². The van der Waals surface area contributed by atoms with Gasteiger partial charge in [-0.1, -0.05) is 13.8 Å². The second kappa shape index (κ2) is 6.12. The average Bonchev–Trinajstić information content (AvgIpc) is 2.28. The number of nitrogens with two attached hydrogens (primary N) is 1. The van der Waals surface area contributed by atoms with Gasteiger partial charge in [0.05, 0.1) is 0 Å². The quantitative estimate of drug-likeness (QED) is 0.795. The SMILES string of the molecule is CC(C)C(=O)Nc1ccc(OCCN)cc1. The van der Waals surface area contributed by atoms with E-state index >= 15 is 0 Å². The Balaban J connectivity index is 2.54. The van der Waals surface area contributed by atoms with E-state index in [4.69, 9.17) is 10.5 Å². The summed E-state index contributed by atoms with van der Waals surface area (Å²) in [6.45, 7) is 4.70. The fourth-order valence-electron chi connectivity index (χ4n) is 1.10. The monoisotopic (exact) mass is 222 g/mol. The van der Waals surface area contributed by atoms with Crippen molar-refractivity contribution in [1.29, 1.82) is 0 Å². The van der Waals surface area contributed by atoms with Crippen LogP contribution >= 0.6 is 0 Å². The molecule has 4 nitrogen and oxygen atoms in total. The van der Waals surface area contributed by atoms with Crippen LogP contribution in [0.3, 0.4) is 0 Å². The van der Waals surface area contributed by atoms with E-state index in [1.807, 2.05) is 38.1 Å².